The monoisotopic (exact) mass is 534 g/mol. The Kier molecular flexibility index (Phi) is 7.01. The molecule has 2 aromatic heterocycles. The molecule has 0 bridgehead atoms. The van der Waals surface area contributed by atoms with Crippen molar-refractivity contribution in [1.82, 2.24) is 19.5 Å². The van der Waals surface area contributed by atoms with Crippen LogP contribution in [0.3, 0.4) is 0 Å². The number of rotatable bonds is 10. The fourth-order valence-corrected chi connectivity index (χ4v) is 4.51. The van der Waals surface area contributed by atoms with Crippen molar-refractivity contribution in [2.24, 2.45) is 5.92 Å². The lowest BCUT2D eigenvalue weighted by Gasteiger charge is -2.14. The van der Waals surface area contributed by atoms with Crippen molar-refractivity contribution in [3.05, 3.63) is 64.4 Å². The average Bonchev–Trinajstić information content (AvgIpc) is 3.49. The van der Waals surface area contributed by atoms with E-state index in [0.717, 1.165) is 24.0 Å². The minimum atomic E-state index is -0.841. The maximum atomic E-state index is 11.1. The van der Waals surface area contributed by atoms with E-state index in [0.29, 0.717) is 46.6 Å². The lowest BCUT2D eigenvalue weighted by molar-refractivity contribution is -0.141. The second-order valence-electron chi connectivity index (χ2n) is 10.3. The van der Waals surface area contributed by atoms with E-state index >= 15 is 0 Å². The molecule has 9 heteroatoms. The summed E-state index contributed by atoms with van der Waals surface area (Å²) in [6, 6.07) is 11.7. The number of ether oxygens (including phenoxy) is 2. The SMILES string of the molecule is Cc1cccc(Cn2c(-c3ccc(OCC[C@@H](C)C(=O)O)cc3Cl)nc3c(OC4(C)CC4)ncnc32)c1C. The molecule has 8 nitrogen and oxygen atoms in total. The molecule has 1 aliphatic carbocycles. The summed E-state index contributed by atoms with van der Waals surface area (Å²) in [6.45, 7) is 8.78. The summed E-state index contributed by atoms with van der Waals surface area (Å²) < 4.78 is 14.1. The van der Waals surface area contributed by atoms with Gasteiger partial charge >= 0.3 is 5.97 Å². The van der Waals surface area contributed by atoms with Crippen molar-refractivity contribution < 1.29 is 19.4 Å². The van der Waals surface area contributed by atoms with Gasteiger partial charge in [-0.05, 0) is 74.9 Å². The molecule has 1 fully saturated rings. The van der Waals surface area contributed by atoms with Crippen LogP contribution in [-0.2, 0) is 11.3 Å². The first-order valence-electron chi connectivity index (χ1n) is 12.8. The molecule has 5 rings (SSSR count). The van der Waals surface area contributed by atoms with Gasteiger partial charge in [0.1, 0.15) is 23.5 Å². The van der Waals surface area contributed by atoms with Crippen LogP contribution in [0.5, 0.6) is 11.6 Å². The van der Waals surface area contributed by atoms with Crippen LogP contribution in [0.25, 0.3) is 22.6 Å². The van der Waals surface area contributed by atoms with E-state index in [1.807, 2.05) is 12.1 Å². The summed E-state index contributed by atoms with van der Waals surface area (Å²) in [7, 11) is 0. The summed E-state index contributed by atoms with van der Waals surface area (Å²) >= 11 is 6.78. The van der Waals surface area contributed by atoms with E-state index in [1.165, 1.54) is 17.5 Å². The van der Waals surface area contributed by atoms with E-state index in [9.17, 15) is 4.79 Å². The van der Waals surface area contributed by atoms with Gasteiger partial charge < -0.3 is 19.1 Å². The first-order chi connectivity index (χ1) is 18.1. The molecular formula is C29H31ClN4O4. The Labute approximate surface area is 226 Å². The molecule has 4 aromatic rings. The summed E-state index contributed by atoms with van der Waals surface area (Å²) in [4.78, 5) is 25.0. The van der Waals surface area contributed by atoms with Gasteiger partial charge in [-0.15, -0.1) is 0 Å². The van der Waals surface area contributed by atoms with Crippen LogP contribution >= 0.6 is 11.6 Å². The van der Waals surface area contributed by atoms with Crippen molar-refractivity contribution in [3.63, 3.8) is 0 Å². The topological polar surface area (TPSA) is 99.4 Å². The van der Waals surface area contributed by atoms with Crippen LogP contribution in [0.4, 0.5) is 0 Å². The quantitative estimate of drug-likeness (QED) is 0.257. The first-order valence-corrected chi connectivity index (χ1v) is 13.1. The van der Waals surface area contributed by atoms with Crippen LogP contribution < -0.4 is 9.47 Å². The summed E-state index contributed by atoms with van der Waals surface area (Å²) in [5.74, 6) is 0.374. The zero-order valence-electron chi connectivity index (χ0n) is 22.0. The van der Waals surface area contributed by atoms with E-state index in [1.54, 1.807) is 13.0 Å². The van der Waals surface area contributed by atoms with Crippen LogP contribution in [0.2, 0.25) is 5.02 Å². The maximum Gasteiger partial charge on any atom is 0.306 e. The Hall–Kier alpha value is -3.65. The third kappa shape index (κ3) is 5.31. The molecule has 0 amide bonds. The molecule has 2 aromatic carbocycles. The predicted octanol–water partition coefficient (Wildman–Crippen LogP) is 6.23. The van der Waals surface area contributed by atoms with E-state index in [-0.39, 0.29) is 12.2 Å². The summed E-state index contributed by atoms with van der Waals surface area (Å²) in [6.07, 6.45) is 3.88. The molecule has 2 heterocycles. The standard InChI is InChI=1S/C29H31ClN4O4/c1-17-6-5-7-20(19(17)3)15-34-25(33-24-26(34)31-16-32-27(24)38-29(4)11-12-29)22-9-8-21(14-23(22)30)37-13-10-18(2)28(35)36/h5-9,14,16,18H,10-13,15H2,1-4H3,(H,35,36)/t18-/m1/s1. The molecule has 38 heavy (non-hydrogen) atoms. The Morgan fingerprint density at radius 1 is 1.21 bits per heavy atom. The van der Waals surface area contributed by atoms with Gasteiger partial charge in [-0.25, -0.2) is 9.97 Å². The molecule has 1 atom stereocenters. The molecule has 1 N–H and O–H groups in total. The van der Waals surface area contributed by atoms with Crippen molar-refractivity contribution >= 4 is 28.7 Å². The lowest BCUT2D eigenvalue weighted by Crippen LogP contribution is -2.13. The van der Waals surface area contributed by atoms with Gasteiger partial charge in [-0.3, -0.25) is 4.79 Å². The smallest absolute Gasteiger partial charge is 0.306 e. The molecule has 1 aliphatic rings. The number of aromatic nitrogens is 4. The van der Waals surface area contributed by atoms with Gasteiger partial charge in [-0.2, -0.15) is 4.98 Å². The minimum Gasteiger partial charge on any atom is -0.494 e. The van der Waals surface area contributed by atoms with Crippen LogP contribution in [-0.4, -0.2) is 42.8 Å². The number of carboxylic acid groups (broad SMARTS) is 1. The number of benzene rings is 2. The number of fused-ring (bicyclic) bond motifs is 1. The van der Waals surface area contributed by atoms with Gasteiger partial charge in [0.05, 0.1) is 24.1 Å². The number of hydrogen-bond donors (Lipinski definition) is 1. The number of halogens is 1. The van der Waals surface area contributed by atoms with Crippen LogP contribution in [0.15, 0.2) is 42.7 Å². The number of nitrogens with zero attached hydrogens (tertiary/aromatic N) is 4. The largest absolute Gasteiger partial charge is 0.494 e. The Morgan fingerprint density at radius 2 is 2.00 bits per heavy atom. The zero-order valence-corrected chi connectivity index (χ0v) is 22.7. The second-order valence-corrected chi connectivity index (χ2v) is 10.7. The molecular weight excluding hydrogens is 504 g/mol. The molecule has 198 valence electrons. The van der Waals surface area contributed by atoms with E-state index in [4.69, 9.17) is 31.2 Å². The lowest BCUT2D eigenvalue weighted by atomic mass is 10.0. The number of imidazole rings is 1. The number of carboxylic acids is 1. The molecule has 0 radical (unpaired) electrons. The molecule has 0 saturated heterocycles. The normalized spacial score (nSPS) is 14.9. The molecule has 0 unspecified atom stereocenters. The van der Waals surface area contributed by atoms with Gasteiger partial charge in [0.25, 0.3) is 0 Å². The highest BCUT2D eigenvalue weighted by atomic mass is 35.5. The molecule has 0 aliphatic heterocycles. The van der Waals surface area contributed by atoms with Gasteiger partial charge in [-0.1, -0.05) is 36.7 Å². The molecule has 1 saturated carbocycles. The highest BCUT2D eigenvalue weighted by molar-refractivity contribution is 6.33. The highest BCUT2D eigenvalue weighted by Gasteiger charge is 2.41. The fraction of sp³-hybridized carbons (Fsp3) is 0.379. The fourth-order valence-electron chi connectivity index (χ4n) is 4.25. The Balaban J connectivity index is 1.54. The van der Waals surface area contributed by atoms with Gasteiger partial charge in [0, 0.05) is 5.56 Å². The number of aryl methyl sites for hydroxylation is 1. The predicted molar refractivity (Wildman–Crippen MR) is 146 cm³/mol. The third-order valence-corrected chi connectivity index (χ3v) is 7.58. The zero-order chi connectivity index (χ0) is 27.0. The number of carbonyl (C=O) groups is 1. The number of hydrogen-bond acceptors (Lipinski definition) is 6. The van der Waals surface area contributed by atoms with Gasteiger partial charge in [0.2, 0.25) is 5.88 Å². The van der Waals surface area contributed by atoms with Crippen LogP contribution in [0.1, 0.15) is 49.8 Å². The third-order valence-electron chi connectivity index (χ3n) is 7.26. The van der Waals surface area contributed by atoms with Crippen molar-refractivity contribution in [3.8, 4) is 23.0 Å². The second kappa shape index (κ2) is 10.3. The van der Waals surface area contributed by atoms with Gasteiger partial charge in [0.15, 0.2) is 11.2 Å². The average molecular weight is 535 g/mol. The van der Waals surface area contributed by atoms with Crippen molar-refractivity contribution in [2.45, 2.75) is 59.1 Å². The van der Waals surface area contributed by atoms with E-state index in [2.05, 4.69) is 53.5 Å². The van der Waals surface area contributed by atoms with Crippen molar-refractivity contribution in [2.75, 3.05) is 6.61 Å². The Bertz CT molecular complexity index is 1510. The van der Waals surface area contributed by atoms with Crippen molar-refractivity contribution in [1.29, 1.82) is 0 Å². The highest BCUT2D eigenvalue weighted by Crippen LogP contribution is 2.41. The van der Waals surface area contributed by atoms with Crippen LogP contribution in [0, 0.1) is 19.8 Å². The van der Waals surface area contributed by atoms with E-state index < -0.39 is 11.9 Å². The number of aliphatic carboxylic acids is 1. The maximum absolute atomic E-state index is 11.1. The minimum absolute atomic E-state index is 0.215. The molecule has 0 spiro atoms. The Morgan fingerprint density at radius 3 is 2.71 bits per heavy atom. The first kappa shape index (κ1) is 26.0. The summed E-state index contributed by atoms with van der Waals surface area (Å²) in [5.41, 5.74) is 5.36. The summed E-state index contributed by atoms with van der Waals surface area (Å²) in [5, 5.41) is 9.56.